The average molecular weight is 222 g/mol. The Bertz CT molecular complexity index is 585. The molecule has 0 aliphatic rings. The van der Waals surface area contributed by atoms with Crippen LogP contribution in [-0.2, 0) is 0 Å². The number of methoxy groups -OCH3 is 2. The molecule has 2 rings (SSSR count). The highest BCUT2D eigenvalue weighted by Gasteiger charge is 2.15. The predicted molar refractivity (Wildman–Crippen MR) is 57.3 cm³/mol. The first-order valence-electron chi connectivity index (χ1n) is 4.55. The molecule has 0 bridgehead atoms. The molecule has 5 heteroatoms. The third kappa shape index (κ3) is 1.46. The molecule has 0 fully saturated rings. The van der Waals surface area contributed by atoms with Gasteiger partial charge in [0.2, 0.25) is 5.75 Å². The number of fused-ring (bicyclic) bond motifs is 1. The Morgan fingerprint density at radius 3 is 2.62 bits per heavy atom. The van der Waals surface area contributed by atoms with Gasteiger partial charge in [-0.3, -0.25) is 0 Å². The fourth-order valence-electron chi connectivity index (χ4n) is 1.53. The first-order valence-corrected chi connectivity index (χ1v) is 4.55. The van der Waals surface area contributed by atoms with Crippen LogP contribution in [0.2, 0.25) is 0 Å². The number of rotatable bonds is 2. The van der Waals surface area contributed by atoms with Crippen molar-refractivity contribution in [2.24, 2.45) is 0 Å². The monoisotopic (exact) mass is 222 g/mol. The van der Waals surface area contributed by atoms with E-state index in [1.165, 1.54) is 26.4 Å². The summed E-state index contributed by atoms with van der Waals surface area (Å²) in [6.45, 7) is 0. The fraction of sp³-hybridized carbons (Fsp3) is 0.182. The number of benzene rings is 1. The minimum Gasteiger partial charge on any atom is -0.504 e. The second-order valence-electron chi connectivity index (χ2n) is 3.13. The Hall–Kier alpha value is -2.17. The molecule has 1 N–H and O–H groups in total. The van der Waals surface area contributed by atoms with Gasteiger partial charge >= 0.3 is 5.63 Å². The molecule has 0 unspecified atom stereocenters. The SMILES string of the molecule is COc1cc(O)c(OC)c2oc(=O)ccc12. The second-order valence-corrected chi connectivity index (χ2v) is 3.13. The molecule has 5 nitrogen and oxygen atoms in total. The predicted octanol–water partition coefficient (Wildman–Crippen LogP) is 1.52. The van der Waals surface area contributed by atoms with Gasteiger partial charge in [0.05, 0.1) is 19.6 Å². The molecule has 1 aromatic carbocycles. The van der Waals surface area contributed by atoms with Crippen LogP contribution < -0.4 is 15.1 Å². The van der Waals surface area contributed by atoms with Crippen LogP contribution in [0.4, 0.5) is 0 Å². The quantitative estimate of drug-likeness (QED) is 0.780. The van der Waals surface area contributed by atoms with Crippen molar-refractivity contribution >= 4 is 11.0 Å². The zero-order valence-electron chi connectivity index (χ0n) is 8.81. The van der Waals surface area contributed by atoms with Gasteiger partial charge in [0.15, 0.2) is 11.3 Å². The van der Waals surface area contributed by atoms with Gasteiger partial charge in [0, 0.05) is 12.1 Å². The lowest BCUT2D eigenvalue weighted by atomic mass is 10.2. The van der Waals surface area contributed by atoms with Crippen molar-refractivity contribution in [1.29, 1.82) is 0 Å². The summed E-state index contributed by atoms with van der Waals surface area (Å²) in [5.41, 5.74) is -0.342. The van der Waals surface area contributed by atoms with Crippen molar-refractivity contribution in [1.82, 2.24) is 0 Å². The number of aromatic hydroxyl groups is 1. The number of phenols is 1. The summed E-state index contributed by atoms with van der Waals surface area (Å²) in [6, 6.07) is 4.24. The Morgan fingerprint density at radius 1 is 1.25 bits per heavy atom. The van der Waals surface area contributed by atoms with Crippen molar-refractivity contribution in [2.45, 2.75) is 0 Å². The van der Waals surface area contributed by atoms with Crippen LogP contribution in [0, 0.1) is 0 Å². The zero-order chi connectivity index (χ0) is 11.7. The molecule has 1 aromatic heterocycles. The number of phenolic OH excluding ortho intramolecular Hbond substituents is 1. The van der Waals surface area contributed by atoms with Gasteiger partial charge in [0.1, 0.15) is 5.75 Å². The minimum absolute atomic E-state index is 0.119. The van der Waals surface area contributed by atoms with Gasteiger partial charge in [-0.15, -0.1) is 0 Å². The Balaban J connectivity index is 2.93. The molecule has 0 aliphatic carbocycles. The van der Waals surface area contributed by atoms with E-state index in [0.29, 0.717) is 11.1 Å². The van der Waals surface area contributed by atoms with E-state index in [-0.39, 0.29) is 17.1 Å². The number of hydrogen-bond donors (Lipinski definition) is 1. The third-order valence-corrected chi connectivity index (χ3v) is 2.23. The maximum Gasteiger partial charge on any atom is 0.336 e. The molecular formula is C11H10O5. The van der Waals surface area contributed by atoms with E-state index < -0.39 is 5.63 Å². The standard InChI is InChI=1S/C11H10O5/c1-14-8-5-7(12)11(15-2)10-6(8)3-4-9(13)16-10/h3-5,12H,1-2H3. The summed E-state index contributed by atoms with van der Waals surface area (Å²) >= 11 is 0. The van der Waals surface area contributed by atoms with E-state index in [4.69, 9.17) is 13.9 Å². The topological polar surface area (TPSA) is 68.9 Å². The lowest BCUT2D eigenvalue weighted by molar-refractivity contribution is 0.363. The molecule has 0 saturated heterocycles. The van der Waals surface area contributed by atoms with Crippen molar-refractivity contribution in [3.8, 4) is 17.2 Å². The Labute approximate surface area is 90.8 Å². The van der Waals surface area contributed by atoms with Crippen LogP contribution in [0.15, 0.2) is 27.4 Å². The van der Waals surface area contributed by atoms with Gasteiger partial charge < -0.3 is 19.0 Å². The fourth-order valence-corrected chi connectivity index (χ4v) is 1.53. The lowest BCUT2D eigenvalue weighted by Crippen LogP contribution is -1.98. The highest BCUT2D eigenvalue weighted by Crippen LogP contribution is 2.39. The zero-order valence-corrected chi connectivity index (χ0v) is 8.81. The van der Waals surface area contributed by atoms with Crippen LogP contribution in [0.1, 0.15) is 0 Å². The van der Waals surface area contributed by atoms with Crippen LogP contribution in [0.3, 0.4) is 0 Å². The van der Waals surface area contributed by atoms with Crippen molar-refractivity contribution < 1.29 is 19.0 Å². The summed E-state index contributed by atoms with van der Waals surface area (Å²) in [5, 5.41) is 10.2. The van der Waals surface area contributed by atoms with E-state index in [9.17, 15) is 9.90 Å². The molecule has 0 aliphatic heterocycles. The lowest BCUT2D eigenvalue weighted by Gasteiger charge is -2.09. The first-order chi connectivity index (χ1) is 7.67. The van der Waals surface area contributed by atoms with E-state index >= 15 is 0 Å². The summed E-state index contributed by atoms with van der Waals surface area (Å²) in [5.74, 6) is 0.395. The van der Waals surface area contributed by atoms with Gasteiger partial charge in [-0.05, 0) is 6.07 Å². The average Bonchev–Trinajstić information content (AvgIpc) is 2.27. The molecule has 2 aromatic rings. The summed E-state index contributed by atoms with van der Waals surface area (Å²) in [4.78, 5) is 11.1. The van der Waals surface area contributed by atoms with Crippen molar-refractivity contribution in [2.75, 3.05) is 14.2 Å². The molecule has 16 heavy (non-hydrogen) atoms. The molecule has 84 valence electrons. The van der Waals surface area contributed by atoms with Gasteiger partial charge in [-0.2, -0.15) is 0 Å². The number of hydrogen-bond acceptors (Lipinski definition) is 5. The third-order valence-electron chi connectivity index (χ3n) is 2.23. The normalized spacial score (nSPS) is 10.4. The van der Waals surface area contributed by atoms with Crippen LogP contribution in [-0.4, -0.2) is 19.3 Å². The van der Waals surface area contributed by atoms with E-state index in [2.05, 4.69) is 0 Å². The smallest absolute Gasteiger partial charge is 0.336 e. The van der Waals surface area contributed by atoms with Gasteiger partial charge in [-0.1, -0.05) is 0 Å². The minimum atomic E-state index is -0.515. The van der Waals surface area contributed by atoms with Crippen LogP contribution in [0.5, 0.6) is 17.2 Å². The highest BCUT2D eigenvalue weighted by molar-refractivity contribution is 5.90. The Morgan fingerprint density at radius 2 is 2.00 bits per heavy atom. The highest BCUT2D eigenvalue weighted by atomic mass is 16.5. The molecule has 0 saturated carbocycles. The summed E-state index contributed by atoms with van der Waals surface area (Å²) in [6.07, 6.45) is 0. The van der Waals surface area contributed by atoms with Gasteiger partial charge in [0.25, 0.3) is 0 Å². The maximum absolute atomic E-state index is 11.1. The summed E-state index contributed by atoms with van der Waals surface area (Å²) < 4.78 is 15.0. The van der Waals surface area contributed by atoms with Crippen molar-refractivity contribution in [3.63, 3.8) is 0 Å². The van der Waals surface area contributed by atoms with E-state index in [1.54, 1.807) is 6.07 Å². The Kier molecular flexibility index (Phi) is 2.44. The van der Waals surface area contributed by atoms with Crippen LogP contribution >= 0.6 is 0 Å². The second kappa shape index (κ2) is 3.77. The van der Waals surface area contributed by atoms with Crippen LogP contribution in [0.25, 0.3) is 11.0 Å². The molecule has 0 spiro atoms. The molecular weight excluding hydrogens is 212 g/mol. The number of ether oxygens (including phenoxy) is 2. The first kappa shape index (κ1) is 10.4. The van der Waals surface area contributed by atoms with E-state index in [1.807, 2.05) is 0 Å². The molecule has 1 heterocycles. The summed E-state index contributed by atoms with van der Waals surface area (Å²) in [7, 11) is 2.85. The molecule has 0 amide bonds. The van der Waals surface area contributed by atoms with E-state index in [0.717, 1.165) is 0 Å². The van der Waals surface area contributed by atoms with Crippen molar-refractivity contribution in [3.05, 3.63) is 28.6 Å². The van der Waals surface area contributed by atoms with Gasteiger partial charge in [-0.25, -0.2) is 4.79 Å². The maximum atomic E-state index is 11.1. The largest absolute Gasteiger partial charge is 0.504 e. The molecule has 0 radical (unpaired) electrons. The molecule has 0 atom stereocenters.